The van der Waals surface area contributed by atoms with Crippen LogP contribution >= 0.6 is 0 Å². The molecule has 0 amide bonds. The minimum Gasteiger partial charge on any atom is -0.385 e. The summed E-state index contributed by atoms with van der Waals surface area (Å²) in [5.41, 5.74) is 2.15. The second-order valence-corrected chi connectivity index (χ2v) is 5.62. The molecule has 0 spiro atoms. The van der Waals surface area contributed by atoms with Gasteiger partial charge in [0.2, 0.25) is 10.0 Å². The van der Waals surface area contributed by atoms with Crippen LogP contribution in [0.15, 0.2) is 23.1 Å². The molecule has 88 valence electrons. The van der Waals surface area contributed by atoms with Crippen molar-refractivity contribution in [2.45, 2.75) is 24.7 Å². The first-order valence-corrected chi connectivity index (χ1v) is 6.98. The smallest absolute Gasteiger partial charge is 0.240 e. The van der Waals surface area contributed by atoms with E-state index in [1.165, 1.54) is 5.56 Å². The second-order valence-electron chi connectivity index (χ2n) is 3.85. The number of hydrogen-bond donors (Lipinski definition) is 2. The first kappa shape index (κ1) is 11.4. The first-order chi connectivity index (χ1) is 7.63. The van der Waals surface area contributed by atoms with Gasteiger partial charge in [-0.15, -0.1) is 0 Å². The maximum absolute atomic E-state index is 11.8. The largest absolute Gasteiger partial charge is 0.385 e. The summed E-state index contributed by atoms with van der Waals surface area (Å²) in [5.74, 6) is 0. The van der Waals surface area contributed by atoms with Gasteiger partial charge in [0, 0.05) is 18.8 Å². The zero-order valence-corrected chi connectivity index (χ0v) is 10.1. The van der Waals surface area contributed by atoms with Crippen molar-refractivity contribution < 1.29 is 8.42 Å². The van der Waals surface area contributed by atoms with E-state index in [0.29, 0.717) is 11.4 Å². The summed E-state index contributed by atoms with van der Waals surface area (Å²) < 4.78 is 26.0. The van der Waals surface area contributed by atoms with Gasteiger partial charge in [-0.2, -0.15) is 0 Å². The van der Waals surface area contributed by atoms with E-state index in [1.54, 1.807) is 19.1 Å². The van der Waals surface area contributed by atoms with Crippen LogP contribution in [0.25, 0.3) is 0 Å². The van der Waals surface area contributed by atoms with Crippen molar-refractivity contribution in [3.05, 3.63) is 23.8 Å². The second kappa shape index (κ2) is 4.43. The highest BCUT2D eigenvalue weighted by Crippen LogP contribution is 2.24. The molecule has 5 heteroatoms. The summed E-state index contributed by atoms with van der Waals surface area (Å²) in [4.78, 5) is 0.336. The third kappa shape index (κ3) is 2.20. The van der Waals surface area contributed by atoms with Gasteiger partial charge in [-0.3, -0.25) is 0 Å². The van der Waals surface area contributed by atoms with E-state index in [2.05, 4.69) is 10.0 Å². The third-order valence-corrected chi connectivity index (χ3v) is 4.21. The van der Waals surface area contributed by atoms with Crippen molar-refractivity contribution >= 4 is 15.7 Å². The summed E-state index contributed by atoms with van der Waals surface area (Å²) in [7, 11) is -3.33. The summed E-state index contributed by atoms with van der Waals surface area (Å²) in [6, 6.07) is 5.28. The van der Waals surface area contributed by atoms with Crippen molar-refractivity contribution in [2.75, 3.05) is 18.4 Å². The maximum Gasteiger partial charge on any atom is 0.240 e. The topological polar surface area (TPSA) is 58.2 Å². The van der Waals surface area contributed by atoms with Gasteiger partial charge in [0.05, 0.1) is 4.90 Å². The molecule has 0 aromatic heterocycles. The predicted octanol–water partition coefficient (Wildman–Crippen LogP) is 1.34. The number of benzene rings is 1. The van der Waals surface area contributed by atoms with Crippen LogP contribution in [0.4, 0.5) is 5.69 Å². The highest BCUT2D eigenvalue weighted by atomic mass is 32.2. The van der Waals surface area contributed by atoms with E-state index in [9.17, 15) is 8.42 Å². The SMILES string of the molecule is CCNS(=O)(=O)c1ccc2c(c1)NCCC2. The number of aryl methyl sites for hydroxylation is 1. The maximum atomic E-state index is 11.8. The zero-order chi connectivity index (χ0) is 11.6. The van der Waals surface area contributed by atoms with Gasteiger partial charge in [-0.25, -0.2) is 13.1 Å². The zero-order valence-electron chi connectivity index (χ0n) is 9.29. The molecule has 0 aliphatic carbocycles. The molecule has 2 N–H and O–H groups in total. The van der Waals surface area contributed by atoms with E-state index in [0.717, 1.165) is 25.1 Å². The van der Waals surface area contributed by atoms with Crippen LogP contribution < -0.4 is 10.0 Å². The number of anilines is 1. The van der Waals surface area contributed by atoms with Crippen LogP contribution in [0.5, 0.6) is 0 Å². The lowest BCUT2D eigenvalue weighted by Crippen LogP contribution is -2.23. The molecule has 1 aliphatic rings. The van der Waals surface area contributed by atoms with Crippen molar-refractivity contribution in [2.24, 2.45) is 0 Å². The molecule has 0 radical (unpaired) electrons. The highest BCUT2D eigenvalue weighted by molar-refractivity contribution is 7.89. The van der Waals surface area contributed by atoms with Crippen LogP contribution in [-0.2, 0) is 16.4 Å². The molecular formula is C11H16N2O2S. The van der Waals surface area contributed by atoms with Gasteiger partial charge in [-0.1, -0.05) is 13.0 Å². The fourth-order valence-corrected chi connectivity index (χ4v) is 2.95. The molecule has 1 aromatic rings. The van der Waals surface area contributed by atoms with Crippen LogP contribution in [0.1, 0.15) is 18.9 Å². The van der Waals surface area contributed by atoms with Gasteiger partial charge in [-0.05, 0) is 30.5 Å². The molecule has 0 atom stereocenters. The number of nitrogens with one attached hydrogen (secondary N) is 2. The Hall–Kier alpha value is -1.07. The predicted molar refractivity (Wildman–Crippen MR) is 64.1 cm³/mol. The molecule has 0 saturated heterocycles. The Balaban J connectivity index is 2.37. The summed E-state index contributed by atoms with van der Waals surface area (Å²) in [6.45, 7) is 3.10. The van der Waals surface area contributed by atoms with Gasteiger partial charge in [0.1, 0.15) is 0 Å². The van der Waals surface area contributed by atoms with Crippen LogP contribution in [-0.4, -0.2) is 21.5 Å². The summed E-state index contributed by atoms with van der Waals surface area (Å²) in [6.07, 6.45) is 2.12. The number of rotatable bonds is 3. The number of fused-ring (bicyclic) bond motifs is 1. The van der Waals surface area contributed by atoms with Crippen LogP contribution in [0.3, 0.4) is 0 Å². The normalized spacial score (nSPS) is 15.3. The van der Waals surface area contributed by atoms with Gasteiger partial charge in [0.25, 0.3) is 0 Å². The fourth-order valence-electron chi connectivity index (χ4n) is 1.88. The Morgan fingerprint density at radius 2 is 2.25 bits per heavy atom. The van der Waals surface area contributed by atoms with E-state index in [-0.39, 0.29) is 0 Å². The molecule has 0 fully saturated rings. The Morgan fingerprint density at radius 3 is 3.00 bits per heavy atom. The van der Waals surface area contributed by atoms with Crippen molar-refractivity contribution in [3.63, 3.8) is 0 Å². The Morgan fingerprint density at radius 1 is 1.44 bits per heavy atom. The Kier molecular flexibility index (Phi) is 3.16. The molecule has 1 heterocycles. The summed E-state index contributed by atoms with van der Waals surface area (Å²) >= 11 is 0. The molecule has 4 nitrogen and oxygen atoms in total. The fraction of sp³-hybridized carbons (Fsp3) is 0.455. The van der Waals surface area contributed by atoms with Gasteiger partial charge >= 0.3 is 0 Å². The van der Waals surface area contributed by atoms with E-state index >= 15 is 0 Å². The van der Waals surface area contributed by atoms with Crippen molar-refractivity contribution in [1.82, 2.24) is 4.72 Å². The minimum atomic E-state index is -3.33. The van der Waals surface area contributed by atoms with Gasteiger partial charge in [0.15, 0.2) is 0 Å². The highest BCUT2D eigenvalue weighted by Gasteiger charge is 2.16. The average molecular weight is 240 g/mol. The lowest BCUT2D eigenvalue weighted by molar-refractivity contribution is 0.584. The molecule has 16 heavy (non-hydrogen) atoms. The first-order valence-electron chi connectivity index (χ1n) is 5.50. The average Bonchev–Trinajstić information content (AvgIpc) is 2.28. The van der Waals surface area contributed by atoms with Crippen molar-refractivity contribution in [1.29, 1.82) is 0 Å². The summed E-state index contributed by atoms with van der Waals surface area (Å²) in [5, 5.41) is 3.22. The lowest BCUT2D eigenvalue weighted by Gasteiger charge is -2.18. The minimum absolute atomic E-state index is 0.336. The van der Waals surface area contributed by atoms with Crippen LogP contribution in [0.2, 0.25) is 0 Å². The molecule has 2 rings (SSSR count). The molecule has 1 aromatic carbocycles. The quantitative estimate of drug-likeness (QED) is 0.838. The molecule has 1 aliphatic heterocycles. The Bertz CT molecular complexity index is 483. The molecular weight excluding hydrogens is 224 g/mol. The monoisotopic (exact) mass is 240 g/mol. The molecule has 0 bridgehead atoms. The molecule has 0 unspecified atom stereocenters. The van der Waals surface area contributed by atoms with E-state index in [4.69, 9.17) is 0 Å². The van der Waals surface area contributed by atoms with E-state index < -0.39 is 10.0 Å². The lowest BCUT2D eigenvalue weighted by atomic mass is 10.0. The number of hydrogen-bond acceptors (Lipinski definition) is 3. The van der Waals surface area contributed by atoms with E-state index in [1.807, 2.05) is 6.07 Å². The number of sulfonamides is 1. The third-order valence-electron chi connectivity index (χ3n) is 2.66. The standard InChI is InChI=1S/C11H16N2O2S/c1-2-13-16(14,15)10-6-5-9-4-3-7-12-11(9)8-10/h5-6,8,12-13H,2-4,7H2,1H3. The Labute approximate surface area is 96.1 Å². The molecule has 0 saturated carbocycles. The van der Waals surface area contributed by atoms with Crippen molar-refractivity contribution in [3.8, 4) is 0 Å². The van der Waals surface area contributed by atoms with Crippen LogP contribution in [0, 0.1) is 0 Å². The van der Waals surface area contributed by atoms with Gasteiger partial charge < -0.3 is 5.32 Å².